The number of hydrogen-bond acceptors (Lipinski definition) is 11. The van der Waals surface area contributed by atoms with Crippen LogP contribution in [0.25, 0.3) is 17.0 Å². The van der Waals surface area contributed by atoms with Gasteiger partial charge in [0.25, 0.3) is 11.8 Å². The molecule has 15 nitrogen and oxygen atoms in total. The van der Waals surface area contributed by atoms with Crippen LogP contribution in [0, 0.1) is 5.82 Å². The topological polar surface area (TPSA) is 183 Å². The number of unbranched alkanes of at least 4 members (excludes halogenated alkanes) is 2. The third-order valence-corrected chi connectivity index (χ3v) is 10.8. The van der Waals surface area contributed by atoms with Crippen LogP contribution in [-0.4, -0.2) is 86.2 Å². The quantitative estimate of drug-likeness (QED) is 0.0839. The first-order valence-corrected chi connectivity index (χ1v) is 19.7. The number of halogens is 1. The Morgan fingerprint density at radius 3 is 2.59 bits per heavy atom. The molecular formula is C42H43FN10O5. The number of carbonyl (C=O) groups is 5. The van der Waals surface area contributed by atoms with E-state index in [9.17, 15) is 28.4 Å². The van der Waals surface area contributed by atoms with Crippen molar-refractivity contribution in [3.05, 3.63) is 102 Å². The number of nitrogens with zero attached hydrogens (tertiary/aromatic N) is 6. The van der Waals surface area contributed by atoms with Crippen LogP contribution in [0.1, 0.15) is 83.7 Å². The maximum Gasteiger partial charge on any atom is 0.264 e. The van der Waals surface area contributed by atoms with E-state index >= 15 is 0 Å². The number of imide groups is 2. The predicted octanol–water partition coefficient (Wildman–Crippen LogP) is 4.87. The molecule has 4 N–H and O–H groups in total. The maximum atomic E-state index is 14.0. The zero-order chi connectivity index (χ0) is 40.2. The number of nitrogens with one attached hydrogen (secondary N) is 4. The van der Waals surface area contributed by atoms with Crippen LogP contribution >= 0.6 is 0 Å². The molecule has 3 aliphatic heterocycles. The van der Waals surface area contributed by atoms with Crippen molar-refractivity contribution in [1.82, 2.24) is 35.1 Å². The van der Waals surface area contributed by atoms with Gasteiger partial charge in [-0.05, 0) is 86.2 Å². The summed E-state index contributed by atoms with van der Waals surface area (Å²) in [5, 5.41) is 16.6. The summed E-state index contributed by atoms with van der Waals surface area (Å²) in [6.45, 7) is 2.23. The SMILES string of the molecule is O=C(CCCCCNc1cccc2c1C(=O)N(C1CCC(=O)NC1=O)C2=O)NCCNc1cccc(-c2cnc3ccc(N4CCC[C@@H]4c4cccc(F)c4)nn23)n1. The van der Waals surface area contributed by atoms with Gasteiger partial charge in [0.1, 0.15) is 29.2 Å². The van der Waals surface area contributed by atoms with Crippen LogP contribution in [-0.2, 0) is 14.4 Å². The van der Waals surface area contributed by atoms with Gasteiger partial charge in [-0.25, -0.2) is 18.9 Å². The van der Waals surface area contributed by atoms with Gasteiger partial charge in [0.15, 0.2) is 5.65 Å². The standard InChI is InChI=1S/C42H43FN10O5/c43-27-9-4-8-26(24-27)31-13-7-23-51(31)36-18-17-35-47-25-33(53(35)50-36)29-11-6-14-34(48-29)45-21-22-46-37(54)15-2-1-3-20-44-30-12-5-10-28-39(30)42(58)52(41(28)57)32-16-19-38(55)49-40(32)56/h4-6,8-12,14,17-18,24-25,31-32,44H,1-3,7,13,15-16,19-23H2,(H,45,48)(H,46,54)(H,49,55,56)/t31-,32?/m1/s1. The first-order valence-electron chi connectivity index (χ1n) is 19.7. The Labute approximate surface area is 333 Å². The first-order chi connectivity index (χ1) is 28.2. The van der Waals surface area contributed by atoms with Crippen molar-refractivity contribution in [2.75, 3.05) is 41.7 Å². The molecule has 2 aromatic carbocycles. The Morgan fingerprint density at radius 1 is 0.862 bits per heavy atom. The van der Waals surface area contributed by atoms with Crippen LogP contribution < -0.4 is 26.2 Å². The van der Waals surface area contributed by atoms with Crippen LogP contribution in [0.5, 0.6) is 0 Å². The molecule has 298 valence electrons. The molecule has 0 radical (unpaired) electrons. The van der Waals surface area contributed by atoms with Gasteiger partial charge >= 0.3 is 0 Å². The van der Waals surface area contributed by atoms with Gasteiger partial charge in [0, 0.05) is 44.7 Å². The molecule has 5 aromatic rings. The number of hydrogen-bond donors (Lipinski definition) is 4. The van der Waals surface area contributed by atoms with E-state index in [0.29, 0.717) is 55.3 Å². The molecule has 0 spiro atoms. The second-order valence-corrected chi connectivity index (χ2v) is 14.6. The van der Waals surface area contributed by atoms with Crippen LogP contribution in [0.2, 0.25) is 0 Å². The summed E-state index contributed by atoms with van der Waals surface area (Å²) in [7, 11) is 0. The summed E-state index contributed by atoms with van der Waals surface area (Å²) in [6, 6.07) is 20.3. The fourth-order valence-electron chi connectivity index (χ4n) is 7.92. The molecule has 3 aliphatic rings. The van der Waals surface area contributed by atoms with Crippen LogP contribution in [0.4, 0.5) is 21.7 Å². The third-order valence-electron chi connectivity index (χ3n) is 10.8. The highest BCUT2D eigenvalue weighted by Crippen LogP contribution is 2.36. The Hall–Kier alpha value is -6.71. The van der Waals surface area contributed by atoms with E-state index in [-0.39, 0.29) is 41.7 Å². The molecule has 1 unspecified atom stereocenters. The van der Waals surface area contributed by atoms with E-state index in [1.165, 1.54) is 6.07 Å². The number of piperidine rings is 1. The number of imidazole rings is 1. The Morgan fingerprint density at radius 2 is 1.72 bits per heavy atom. The van der Waals surface area contributed by atoms with Gasteiger partial charge in [0.05, 0.1) is 29.1 Å². The zero-order valence-corrected chi connectivity index (χ0v) is 31.7. The van der Waals surface area contributed by atoms with Crippen molar-refractivity contribution in [2.24, 2.45) is 0 Å². The van der Waals surface area contributed by atoms with Gasteiger partial charge in [-0.2, -0.15) is 0 Å². The van der Waals surface area contributed by atoms with Gasteiger partial charge in [0.2, 0.25) is 17.7 Å². The Balaban J connectivity index is 0.773. The molecule has 5 amide bonds. The predicted molar refractivity (Wildman–Crippen MR) is 214 cm³/mol. The summed E-state index contributed by atoms with van der Waals surface area (Å²) in [4.78, 5) is 75.4. The first kappa shape index (κ1) is 38.2. The molecule has 8 rings (SSSR count). The van der Waals surface area contributed by atoms with Crippen molar-refractivity contribution in [3.8, 4) is 11.4 Å². The van der Waals surface area contributed by atoms with Crippen molar-refractivity contribution >= 4 is 52.5 Å². The van der Waals surface area contributed by atoms with Crippen molar-refractivity contribution in [1.29, 1.82) is 0 Å². The number of anilines is 3. The molecule has 6 heterocycles. The number of pyridine rings is 1. The summed E-state index contributed by atoms with van der Waals surface area (Å²) in [5.74, 6) is -1.03. The lowest BCUT2D eigenvalue weighted by molar-refractivity contribution is -0.136. The van der Waals surface area contributed by atoms with Crippen molar-refractivity contribution < 1.29 is 28.4 Å². The van der Waals surface area contributed by atoms with Crippen molar-refractivity contribution in [2.45, 2.75) is 63.5 Å². The molecule has 16 heteroatoms. The normalized spacial score (nSPS) is 17.8. The average Bonchev–Trinajstić information content (AvgIpc) is 3.95. The largest absolute Gasteiger partial charge is 0.384 e. The summed E-state index contributed by atoms with van der Waals surface area (Å²) < 4.78 is 15.8. The van der Waals surface area contributed by atoms with Crippen molar-refractivity contribution in [3.63, 3.8) is 0 Å². The summed E-state index contributed by atoms with van der Waals surface area (Å²) >= 11 is 0. The number of fused-ring (bicyclic) bond motifs is 2. The minimum atomic E-state index is -1.02. The molecule has 0 saturated carbocycles. The molecular weight excluding hydrogens is 744 g/mol. The lowest BCUT2D eigenvalue weighted by Gasteiger charge is -2.27. The Kier molecular flexibility index (Phi) is 11.1. The van der Waals surface area contributed by atoms with E-state index in [0.717, 1.165) is 54.2 Å². The molecule has 3 aromatic heterocycles. The Bertz CT molecular complexity index is 2400. The summed E-state index contributed by atoms with van der Waals surface area (Å²) in [6.07, 6.45) is 6.35. The second-order valence-electron chi connectivity index (χ2n) is 14.6. The van der Waals surface area contributed by atoms with Gasteiger partial charge in [-0.3, -0.25) is 34.2 Å². The minimum Gasteiger partial charge on any atom is -0.384 e. The highest BCUT2D eigenvalue weighted by atomic mass is 19.1. The second kappa shape index (κ2) is 16.8. The average molecular weight is 787 g/mol. The molecule has 0 bridgehead atoms. The maximum absolute atomic E-state index is 14.0. The minimum absolute atomic E-state index is 0.0375. The molecule has 0 aliphatic carbocycles. The van der Waals surface area contributed by atoms with E-state index < -0.39 is 29.7 Å². The zero-order valence-electron chi connectivity index (χ0n) is 31.7. The molecule has 2 atom stereocenters. The monoisotopic (exact) mass is 786 g/mol. The number of benzene rings is 2. The van der Waals surface area contributed by atoms with Gasteiger partial charge in [-0.15, -0.1) is 5.10 Å². The van der Waals surface area contributed by atoms with Gasteiger partial charge in [-0.1, -0.05) is 30.7 Å². The lowest BCUT2D eigenvalue weighted by Crippen LogP contribution is -2.54. The molecule has 2 saturated heterocycles. The van der Waals surface area contributed by atoms with Crippen LogP contribution in [0.3, 0.4) is 0 Å². The molecule has 2 fully saturated rings. The van der Waals surface area contributed by atoms with E-state index in [2.05, 4.69) is 31.2 Å². The lowest BCUT2D eigenvalue weighted by atomic mass is 10.0. The number of aromatic nitrogens is 4. The van der Waals surface area contributed by atoms with Crippen LogP contribution in [0.15, 0.2) is 79.0 Å². The summed E-state index contributed by atoms with van der Waals surface area (Å²) in [5.41, 5.74) is 4.01. The van der Waals surface area contributed by atoms with E-state index in [1.807, 2.05) is 36.4 Å². The fraction of sp³-hybridized carbons (Fsp3) is 0.333. The number of amides is 5. The highest BCUT2D eigenvalue weighted by molar-refractivity contribution is 6.25. The number of carbonyl (C=O) groups excluding carboxylic acids is 5. The fourth-order valence-corrected chi connectivity index (χ4v) is 7.92. The highest BCUT2D eigenvalue weighted by Gasteiger charge is 2.45. The van der Waals surface area contributed by atoms with E-state index in [1.54, 1.807) is 41.0 Å². The van der Waals surface area contributed by atoms with E-state index in [4.69, 9.17) is 10.1 Å². The van der Waals surface area contributed by atoms with Gasteiger partial charge < -0.3 is 20.9 Å². The smallest absolute Gasteiger partial charge is 0.264 e. The molecule has 58 heavy (non-hydrogen) atoms. The number of rotatable bonds is 15. The third kappa shape index (κ3) is 7.94.